The van der Waals surface area contributed by atoms with Crippen LogP contribution in [0.1, 0.15) is 18.1 Å². The molecule has 3 nitrogen and oxygen atoms in total. The molecule has 0 spiro atoms. The number of aliphatic hydroxyl groups is 1. The third-order valence-corrected chi connectivity index (χ3v) is 2.48. The second kappa shape index (κ2) is 4.43. The van der Waals surface area contributed by atoms with Gasteiger partial charge in [0.05, 0.1) is 12.7 Å². The molecule has 2 rings (SSSR count). The molecule has 0 aromatic heterocycles. The largest absolute Gasteiger partial charge is 0.489 e. The van der Waals surface area contributed by atoms with E-state index in [-0.39, 0.29) is 23.1 Å². The highest BCUT2D eigenvalue weighted by Crippen LogP contribution is 2.42. The molecule has 1 aromatic rings. The molecular formula is C10H9ClF2O3. The number of alkyl halides is 2. The van der Waals surface area contributed by atoms with Gasteiger partial charge in [-0.05, 0) is 6.07 Å². The van der Waals surface area contributed by atoms with Gasteiger partial charge in [-0.25, -0.2) is 0 Å². The van der Waals surface area contributed by atoms with Crippen LogP contribution >= 0.6 is 11.6 Å². The summed E-state index contributed by atoms with van der Waals surface area (Å²) in [6, 6.07) is 2.73. The zero-order chi connectivity index (χ0) is 11.7. The molecule has 0 aliphatic carbocycles. The first kappa shape index (κ1) is 11.4. The van der Waals surface area contributed by atoms with Gasteiger partial charge in [0.1, 0.15) is 0 Å². The number of rotatable bonds is 2. The molecule has 88 valence electrons. The van der Waals surface area contributed by atoms with Crippen molar-refractivity contribution in [1.29, 1.82) is 0 Å². The molecule has 1 aliphatic heterocycles. The number of halogens is 3. The van der Waals surface area contributed by atoms with Crippen LogP contribution in [0.2, 0.25) is 5.02 Å². The number of benzene rings is 1. The Hall–Kier alpha value is -1.07. The highest BCUT2D eigenvalue weighted by molar-refractivity contribution is 6.30. The van der Waals surface area contributed by atoms with Crippen LogP contribution < -0.4 is 9.47 Å². The highest BCUT2D eigenvalue weighted by atomic mass is 35.5. The van der Waals surface area contributed by atoms with Gasteiger partial charge in [0.25, 0.3) is 0 Å². The van der Waals surface area contributed by atoms with Crippen molar-refractivity contribution in [3.05, 3.63) is 22.7 Å². The van der Waals surface area contributed by atoms with E-state index < -0.39 is 12.7 Å². The van der Waals surface area contributed by atoms with Crippen LogP contribution in [0, 0.1) is 0 Å². The van der Waals surface area contributed by atoms with Crippen LogP contribution in [0.3, 0.4) is 0 Å². The van der Waals surface area contributed by atoms with Crippen LogP contribution in [-0.4, -0.2) is 18.3 Å². The fourth-order valence-electron chi connectivity index (χ4n) is 1.60. The van der Waals surface area contributed by atoms with E-state index in [4.69, 9.17) is 16.3 Å². The molecule has 1 atom stereocenters. The third-order valence-electron chi connectivity index (χ3n) is 2.26. The van der Waals surface area contributed by atoms with Gasteiger partial charge in [0.2, 0.25) is 0 Å². The van der Waals surface area contributed by atoms with Crippen LogP contribution in [0.4, 0.5) is 8.78 Å². The Morgan fingerprint density at radius 1 is 1.50 bits per heavy atom. The zero-order valence-corrected chi connectivity index (χ0v) is 8.88. The smallest absolute Gasteiger partial charge is 0.387 e. The summed E-state index contributed by atoms with van der Waals surface area (Å²) >= 11 is 5.74. The number of hydrogen-bond donors (Lipinski definition) is 1. The number of aliphatic hydroxyl groups excluding tert-OH is 1. The Balaban J connectivity index is 2.44. The Kier molecular flexibility index (Phi) is 3.16. The number of ether oxygens (including phenoxy) is 2. The van der Waals surface area contributed by atoms with E-state index >= 15 is 0 Å². The molecule has 1 heterocycles. The SMILES string of the molecule is O[C@@H]1CCOc2c(OC(F)F)cc(Cl)cc21. The quantitative estimate of drug-likeness (QED) is 0.877. The van der Waals surface area contributed by atoms with E-state index in [1.807, 2.05) is 0 Å². The Morgan fingerprint density at radius 3 is 2.94 bits per heavy atom. The summed E-state index contributed by atoms with van der Waals surface area (Å²) in [5.74, 6) is -0.000278. The molecule has 0 saturated heterocycles. The predicted molar refractivity (Wildman–Crippen MR) is 53.2 cm³/mol. The summed E-state index contributed by atoms with van der Waals surface area (Å²) in [5.41, 5.74) is 0.384. The lowest BCUT2D eigenvalue weighted by molar-refractivity contribution is -0.0523. The minimum atomic E-state index is -2.95. The summed E-state index contributed by atoms with van der Waals surface area (Å²) < 4.78 is 33.8. The van der Waals surface area contributed by atoms with Crippen LogP contribution in [-0.2, 0) is 0 Å². The minimum Gasteiger partial charge on any atom is -0.489 e. The van der Waals surface area contributed by atoms with Gasteiger partial charge in [0, 0.05) is 23.1 Å². The van der Waals surface area contributed by atoms with Crippen LogP contribution in [0.15, 0.2) is 12.1 Å². The molecule has 1 N–H and O–H groups in total. The van der Waals surface area contributed by atoms with E-state index in [9.17, 15) is 13.9 Å². The minimum absolute atomic E-state index is 0.142. The van der Waals surface area contributed by atoms with E-state index in [1.165, 1.54) is 12.1 Å². The molecule has 0 radical (unpaired) electrons. The van der Waals surface area contributed by atoms with E-state index in [2.05, 4.69) is 4.74 Å². The Bertz CT molecular complexity index is 398. The zero-order valence-electron chi connectivity index (χ0n) is 8.12. The van der Waals surface area contributed by atoms with Gasteiger partial charge in [-0.2, -0.15) is 8.78 Å². The molecule has 0 saturated carbocycles. The van der Waals surface area contributed by atoms with Gasteiger partial charge < -0.3 is 14.6 Å². The van der Waals surface area contributed by atoms with Gasteiger partial charge >= 0.3 is 6.61 Å². The highest BCUT2D eigenvalue weighted by Gasteiger charge is 2.25. The fraction of sp³-hybridized carbons (Fsp3) is 0.400. The molecule has 1 aliphatic rings. The monoisotopic (exact) mass is 250 g/mol. The lowest BCUT2D eigenvalue weighted by Gasteiger charge is -2.24. The Labute approximate surface area is 95.5 Å². The fourth-order valence-corrected chi connectivity index (χ4v) is 1.82. The molecule has 0 fully saturated rings. The van der Waals surface area contributed by atoms with Gasteiger partial charge in [-0.3, -0.25) is 0 Å². The number of hydrogen-bond acceptors (Lipinski definition) is 3. The summed E-state index contributed by atoms with van der Waals surface area (Å²) in [5, 5.41) is 9.88. The lowest BCUT2D eigenvalue weighted by atomic mass is 10.0. The summed E-state index contributed by atoms with van der Waals surface area (Å²) in [6.45, 7) is -2.69. The first-order chi connectivity index (χ1) is 7.58. The third kappa shape index (κ3) is 2.20. The molecule has 0 unspecified atom stereocenters. The van der Waals surface area contributed by atoms with Gasteiger partial charge in [-0.15, -0.1) is 0 Å². The van der Waals surface area contributed by atoms with E-state index in [0.717, 1.165) is 0 Å². The first-order valence-electron chi connectivity index (χ1n) is 4.67. The van der Waals surface area contributed by atoms with Crippen LogP contribution in [0.25, 0.3) is 0 Å². The second-order valence-electron chi connectivity index (χ2n) is 3.35. The summed E-state index contributed by atoms with van der Waals surface area (Å²) in [4.78, 5) is 0. The normalized spacial score (nSPS) is 19.2. The van der Waals surface area contributed by atoms with Crippen molar-refractivity contribution in [1.82, 2.24) is 0 Å². The van der Waals surface area contributed by atoms with Crippen molar-refractivity contribution in [3.63, 3.8) is 0 Å². The average Bonchev–Trinajstić information content (AvgIpc) is 2.18. The molecular weight excluding hydrogens is 242 g/mol. The molecule has 1 aromatic carbocycles. The van der Waals surface area contributed by atoms with Crippen molar-refractivity contribution in [2.24, 2.45) is 0 Å². The Morgan fingerprint density at radius 2 is 2.25 bits per heavy atom. The van der Waals surface area contributed by atoms with Crippen molar-refractivity contribution in [2.75, 3.05) is 6.61 Å². The van der Waals surface area contributed by atoms with Crippen LogP contribution in [0.5, 0.6) is 11.5 Å². The molecule has 0 bridgehead atoms. The molecule has 6 heteroatoms. The number of fused-ring (bicyclic) bond motifs is 1. The van der Waals surface area contributed by atoms with E-state index in [0.29, 0.717) is 12.0 Å². The van der Waals surface area contributed by atoms with Gasteiger partial charge in [-0.1, -0.05) is 11.6 Å². The average molecular weight is 251 g/mol. The molecule has 0 amide bonds. The topological polar surface area (TPSA) is 38.7 Å². The standard InChI is InChI=1S/C10H9ClF2O3/c11-5-3-6-7(14)1-2-15-9(6)8(4-5)16-10(12)13/h3-4,7,10,14H,1-2H2/t7-/m1/s1. The van der Waals surface area contributed by atoms with E-state index in [1.54, 1.807) is 0 Å². The molecule has 16 heavy (non-hydrogen) atoms. The summed E-state index contributed by atoms with van der Waals surface area (Å²) in [7, 11) is 0. The van der Waals surface area contributed by atoms with Crippen molar-refractivity contribution in [2.45, 2.75) is 19.1 Å². The maximum atomic E-state index is 12.1. The maximum Gasteiger partial charge on any atom is 0.387 e. The summed E-state index contributed by atoms with van der Waals surface area (Å²) in [6.07, 6.45) is -0.357. The van der Waals surface area contributed by atoms with Crippen molar-refractivity contribution >= 4 is 11.6 Å². The first-order valence-corrected chi connectivity index (χ1v) is 5.05. The lowest BCUT2D eigenvalue weighted by Crippen LogP contribution is -2.15. The predicted octanol–water partition coefficient (Wildman–Crippen LogP) is 2.76. The van der Waals surface area contributed by atoms with Crippen molar-refractivity contribution in [3.8, 4) is 11.5 Å². The van der Waals surface area contributed by atoms with Crippen molar-refractivity contribution < 1.29 is 23.4 Å². The second-order valence-corrected chi connectivity index (χ2v) is 3.79. The van der Waals surface area contributed by atoms with Gasteiger partial charge in [0.15, 0.2) is 11.5 Å². The maximum absolute atomic E-state index is 12.1.